The van der Waals surface area contributed by atoms with Gasteiger partial charge in [0.2, 0.25) is 0 Å². The first kappa shape index (κ1) is 8.92. The Hall–Kier alpha value is -1.66. The monoisotopic (exact) mass is 194 g/mol. The van der Waals surface area contributed by atoms with E-state index in [1.165, 1.54) is 6.08 Å². The molecule has 1 aromatic rings. The largest absolute Gasteiger partial charge is 0.373 e. The van der Waals surface area contributed by atoms with Crippen LogP contribution in [0.25, 0.3) is 5.57 Å². The topological polar surface area (TPSA) is 79.2 Å². The van der Waals surface area contributed by atoms with Gasteiger partial charge < -0.3 is 5.11 Å². The molecule has 1 amide bonds. The van der Waals surface area contributed by atoms with E-state index in [9.17, 15) is 9.90 Å². The second kappa shape index (κ2) is 3.24. The minimum absolute atomic E-state index is 0.279. The van der Waals surface area contributed by atoms with Crippen molar-refractivity contribution in [3.8, 4) is 0 Å². The SMILES string of the molecule is Cn1nccc1C1=CC(O)NNC1=O. The van der Waals surface area contributed by atoms with Gasteiger partial charge in [0, 0.05) is 13.2 Å². The number of amides is 1. The Bertz CT molecular complexity index is 396. The number of nitrogens with zero attached hydrogens (tertiary/aromatic N) is 2. The first-order valence-corrected chi connectivity index (χ1v) is 4.12. The van der Waals surface area contributed by atoms with Gasteiger partial charge in [0.1, 0.15) is 6.23 Å². The van der Waals surface area contributed by atoms with Crippen LogP contribution < -0.4 is 10.9 Å². The second-order valence-electron chi connectivity index (χ2n) is 2.96. The lowest BCUT2D eigenvalue weighted by Gasteiger charge is -2.18. The van der Waals surface area contributed by atoms with Crippen molar-refractivity contribution in [2.45, 2.75) is 6.23 Å². The van der Waals surface area contributed by atoms with E-state index in [-0.39, 0.29) is 5.91 Å². The Morgan fingerprint density at radius 3 is 3.07 bits per heavy atom. The van der Waals surface area contributed by atoms with Crippen molar-refractivity contribution < 1.29 is 9.90 Å². The Labute approximate surface area is 80.2 Å². The smallest absolute Gasteiger partial charge is 0.267 e. The Kier molecular flexibility index (Phi) is 2.06. The van der Waals surface area contributed by atoms with Gasteiger partial charge in [-0.2, -0.15) is 5.10 Å². The minimum atomic E-state index is -0.863. The fourth-order valence-corrected chi connectivity index (χ4v) is 1.32. The Morgan fingerprint density at radius 2 is 2.43 bits per heavy atom. The van der Waals surface area contributed by atoms with Crippen LogP contribution >= 0.6 is 0 Å². The summed E-state index contributed by atoms with van der Waals surface area (Å²) in [5, 5.41) is 13.2. The van der Waals surface area contributed by atoms with Crippen molar-refractivity contribution >= 4 is 11.5 Å². The highest BCUT2D eigenvalue weighted by molar-refractivity contribution is 6.19. The summed E-state index contributed by atoms with van der Waals surface area (Å²) in [5.41, 5.74) is 5.82. The van der Waals surface area contributed by atoms with Crippen LogP contribution in [0.15, 0.2) is 18.3 Å². The number of hydrazine groups is 1. The summed E-state index contributed by atoms with van der Waals surface area (Å²) in [6.45, 7) is 0. The molecule has 1 aliphatic rings. The quantitative estimate of drug-likeness (QED) is 0.522. The number of carbonyl (C=O) groups excluding carboxylic acids is 1. The molecule has 0 aliphatic carbocycles. The van der Waals surface area contributed by atoms with Crippen molar-refractivity contribution in [1.29, 1.82) is 0 Å². The number of aliphatic hydroxyl groups is 1. The number of aryl methyl sites for hydroxylation is 1. The van der Waals surface area contributed by atoms with Gasteiger partial charge in [0.25, 0.3) is 5.91 Å². The van der Waals surface area contributed by atoms with Gasteiger partial charge in [0.05, 0.1) is 11.3 Å². The maximum atomic E-state index is 11.4. The second-order valence-corrected chi connectivity index (χ2v) is 2.96. The van der Waals surface area contributed by atoms with Crippen molar-refractivity contribution in [3.63, 3.8) is 0 Å². The molecule has 1 aliphatic heterocycles. The third kappa shape index (κ3) is 1.40. The average Bonchev–Trinajstić information content (AvgIpc) is 2.56. The van der Waals surface area contributed by atoms with Crippen LogP contribution in [0.1, 0.15) is 5.69 Å². The van der Waals surface area contributed by atoms with Gasteiger partial charge in [0.15, 0.2) is 0 Å². The molecule has 3 N–H and O–H groups in total. The normalized spacial score (nSPS) is 21.7. The molecular weight excluding hydrogens is 184 g/mol. The van der Waals surface area contributed by atoms with Crippen molar-refractivity contribution in [2.75, 3.05) is 0 Å². The van der Waals surface area contributed by atoms with Gasteiger partial charge in [-0.15, -0.1) is 0 Å². The summed E-state index contributed by atoms with van der Waals surface area (Å²) in [4.78, 5) is 11.4. The van der Waals surface area contributed by atoms with Gasteiger partial charge >= 0.3 is 0 Å². The van der Waals surface area contributed by atoms with Crippen LogP contribution in [0, 0.1) is 0 Å². The maximum absolute atomic E-state index is 11.4. The zero-order valence-electron chi connectivity index (χ0n) is 7.56. The molecule has 0 spiro atoms. The molecule has 1 atom stereocenters. The predicted octanol–water partition coefficient (Wildman–Crippen LogP) is -1.24. The van der Waals surface area contributed by atoms with Gasteiger partial charge in [-0.25, -0.2) is 5.43 Å². The maximum Gasteiger partial charge on any atom is 0.267 e. The first-order chi connectivity index (χ1) is 6.68. The van der Waals surface area contributed by atoms with Crippen LogP contribution in [0.3, 0.4) is 0 Å². The lowest BCUT2D eigenvalue weighted by atomic mass is 10.1. The number of nitrogens with one attached hydrogen (secondary N) is 2. The summed E-state index contributed by atoms with van der Waals surface area (Å²) >= 11 is 0. The van der Waals surface area contributed by atoms with Gasteiger partial charge in [-0.3, -0.25) is 14.9 Å². The van der Waals surface area contributed by atoms with Crippen LogP contribution in [-0.2, 0) is 11.8 Å². The lowest BCUT2D eigenvalue weighted by molar-refractivity contribution is -0.118. The van der Waals surface area contributed by atoms with Crippen molar-refractivity contribution in [3.05, 3.63) is 24.0 Å². The van der Waals surface area contributed by atoms with E-state index in [1.807, 2.05) is 0 Å². The molecule has 0 radical (unpaired) electrons. The van der Waals surface area contributed by atoms with Crippen LogP contribution in [0.2, 0.25) is 0 Å². The summed E-state index contributed by atoms with van der Waals surface area (Å²) in [6.07, 6.45) is 2.17. The summed E-state index contributed by atoms with van der Waals surface area (Å²) in [7, 11) is 1.73. The van der Waals surface area contributed by atoms with Crippen LogP contribution in [0.5, 0.6) is 0 Å². The average molecular weight is 194 g/mol. The summed E-state index contributed by atoms with van der Waals surface area (Å²) < 4.78 is 1.57. The van der Waals surface area contributed by atoms with E-state index >= 15 is 0 Å². The third-order valence-corrected chi connectivity index (χ3v) is 2.00. The highest BCUT2D eigenvalue weighted by atomic mass is 16.3. The molecule has 6 heteroatoms. The number of aromatic nitrogens is 2. The van der Waals surface area contributed by atoms with E-state index < -0.39 is 6.23 Å². The molecule has 1 aromatic heterocycles. The molecule has 0 saturated heterocycles. The standard InChI is InChI=1S/C8H10N4O2/c1-12-6(2-3-9-12)5-4-7(13)10-11-8(5)14/h2-4,7,10,13H,1H3,(H,11,14). The van der Waals surface area contributed by atoms with E-state index in [1.54, 1.807) is 24.0 Å². The number of rotatable bonds is 1. The summed E-state index contributed by atoms with van der Waals surface area (Å²) in [5.74, 6) is -0.279. The van der Waals surface area contributed by atoms with Crippen molar-refractivity contribution in [2.24, 2.45) is 7.05 Å². The van der Waals surface area contributed by atoms with Gasteiger partial charge in [-0.1, -0.05) is 0 Å². The summed E-state index contributed by atoms with van der Waals surface area (Å²) in [6, 6.07) is 1.71. The lowest BCUT2D eigenvalue weighted by Crippen LogP contribution is -2.47. The molecule has 1 unspecified atom stereocenters. The molecule has 14 heavy (non-hydrogen) atoms. The molecule has 0 fully saturated rings. The molecule has 0 saturated carbocycles. The Morgan fingerprint density at radius 1 is 1.64 bits per heavy atom. The fraction of sp³-hybridized carbons (Fsp3) is 0.250. The zero-order valence-corrected chi connectivity index (χ0v) is 7.56. The third-order valence-electron chi connectivity index (χ3n) is 2.00. The number of hydrogen-bond donors (Lipinski definition) is 3. The van der Waals surface area contributed by atoms with E-state index in [4.69, 9.17) is 0 Å². The number of hydrogen-bond acceptors (Lipinski definition) is 4. The highest BCUT2D eigenvalue weighted by Crippen LogP contribution is 2.15. The van der Waals surface area contributed by atoms with E-state index in [0.717, 1.165) is 0 Å². The molecule has 0 bridgehead atoms. The molecule has 2 heterocycles. The highest BCUT2D eigenvalue weighted by Gasteiger charge is 2.20. The molecule has 0 aromatic carbocycles. The van der Waals surface area contributed by atoms with Crippen LogP contribution in [-0.4, -0.2) is 27.0 Å². The fourth-order valence-electron chi connectivity index (χ4n) is 1.32. The van der Waals surface area contributed by atoms with E-state index in [0.29, 0.717) is 11.3 Å². The Balaban J connectivity index is 2.42. The minimum Gasteiger partial charge on any atom is -0.373 e. The predicted molar refractivity (Wildman–Crippen MR) is 48.5 cm³/mol. The first-order valence-electron chi connectivity index (χ1n) is 4.12. The molecule has 6 nitrogen and oxygen atoms in total. The van der Waals surface area contributed by atoms with E-state index in [2.05, 4.69) is 16.0 Å². The molecule has 2 rings (SSSR count). The van der Waals surface area contributed by atoms with Gasteiger partial charge in [-0.05, 0) is 12.1 Å². The van der Waals surface area contributed by atoms with Crippen molar-refractivity contribution in [1.82, 2.24) is 20.6 Å². The zero-order chi connectivity index (χ0) is 10.1. The van der Waals surface area contributed by atoms with Crippen LogP contribution in [0.4, 0.5) is 0 Å². The molecular formula is C8H10N4O2. The molecule has 74 valence electrons. The number of aliphatic hydroxyl groups excluding tert-OH is 1. The number of carbonyl (C=O) groups is 1.